The monoisotopic (exact) mass is 416 g/mol. The molecule has 0 atom stereocenters. The maximum absolute atomic E-state index is 13.8. The second kappa shape index (κ2) is 8.00. The number of hydrogen-bond donors (Lipinski definition) is 3. The fourth-order valence-electron chi connectivity index (χ4n) is 4.23. The van der Waals surface area contributed by atoms with Crippen LogP contribution in [0.4, 0.5) is 10.1 Å². The van der Waals surface area contributed by atoms with Crippen LogP contribution in [0.3, 0.4) is 0 Å². The fraction of sp³-hybridized carbons (Fsp3) is 0.250. The predicted molar refractivity (Wildman–Crippen MR) is 122 cm³/mol. The number of nitrogens with zero attached hydrogens (tertiary/aromatic N) is 3. The minimum Gasteiger partial charge on any atom is -0.356 e. The van der Waals surface area contributed by atoms with Crippen molar-refractivity contribution < 1.29 is 4.39 Å². The quantitative estimate of drug-likeness (QED) is 0.427. The molecule has 0 saturated carbocycles. The summed E-state index contributed by atoms with van der Waals surface area (Å²) in [4.78, 5) is 10.5. The molecule has 1 fully saturated rings. The lowest BCUT2D eigenvalue weighted by molar-refractivity contribution is 0.239. The van der Waals surface area contributed by atoms with Crippen molar-refractivity contribution in [2.24, 2.45) is 5.92 Å². The van der Waals surface area contributed by atoms with Gasteiger partial charge >= 0.3 is 0 Å². The van der Waals surface area contributed by atoms with Gasteiger partial charge in [-0.3, -0.25) is 5.10 Å². The minimum atomic E-state index is -0.266. The number of H-pyrrole nitrogens is 2. The van der Waals surface area contributed by atoms with E-state index in [0.29, 0.717) is 11.7 Å². The first-order chi connectivity index (χ1) is 15.1. The van der Waals surface area contributed by atoms with Gasteiger partial charge in [0.1, 0.15) is 11.5 Å². The molecular weight excluding hydrogens is 391 g/mol. The number of aromatic nitrogens is 4. The van der Waals surface area contributed by atoms with Gasteiger partial charge in [0.05, 0.1) is 22.9 Å². The number of halogens is 1. The standard InChI is InChI=1S/C24H25FN6/c1-15(16-9-11-31(2)12-10-16)27-21-14-26-30-23(21)24-28-20-8-4-7-19(22(20)29-24)17-5-3-6-18(25)13-17/h3-8,13-14,16,27H,1,9-12H2,2H3,(H,26,30)(H,28,29). The number of benzene rings is 2. The van der Waals surface area contributed by atoms with Crippen LogP contribution in [-0.2, 0) is 0 Å². The van der Waals surface area contributed by atoms with E-state index >= 15 is 0 Å². The average molecular weight is 417 g/mol. The molecule has 2 aromatic heterocycles. The Morgan fingerprint density at radius 1 is 1.19 bits per heavy atom. The third-order valence-electron chi connectivity index (χ3n) is 6.03. The molecule has 6 nitrogen and oxygen atoms in total. The van der Waals surface area contributed by atoms with Crippen molar-refractivity contribution in [2.75, 3.05) is 25.5 Å². The largest absolute Gasteiger partial charge is 0.356 e. The van der Waals surface area contributed by atoms with Gasteiger partial charge in [-0.2, -0.15) is 5.10 Å². The van der Waals surface area contributed by atoms with Gasteiger partial charge in [0.2, 0.25) is 0 Å². The van der Waals surface area contributed by atoms with E-state index in [1.54, 1.807) is 12.3 Å². The number of rotatable bonds is 5. The molecule has 3 N–H and O–H groups in total. The minimum absolute atomic E-state index is 0.266. The third-order valence-corrected chi connectivity index (χ3v) is 6.03. The van der Waals surface area contributed by atoms with Crippen LogP contribution in [0.5, 0.6) is 0 Å². The van der Waals surface area contributed by atoms with Gasteiger partial charge in [-0.15, -0.1) is 0 Å². The van der Waals surface area contributed by atoms with E-state index in [4.69, 9.17) is 4.98 Å². The molecule has 31 heavy (non-hydrogen) atoms. The molecule has 1 aliphatic rings. The number of anilines is 1. The van der Waals surface area contributed by atoms with Crippen LogP contribution >= 0.6 is 0 Å². The summed E-state index contributed by atoms with van der Waals surface area (Å²) in [7, 11) is 2.15. The van der Waals surface area contributed by atoms with Crippen molar-refractivity contribution in [2.45, 2.75) is 12.8 Å². The highest BCUT2D eigenvalue weighted by molar-refractivity contribution is 5.94. The first-order valence-corrected chi connectivity index (χ1v) is 10.5. The number of imidazole rings is 1. The lowest BCUT2D eigenvalue weighted by atomic mass is 9.94. The summed E-state index contributed by atoms with van der Waals surface area (Å²) < 4.78 is 13.8. The number of fused-ring (bicyclic) bond motifs is 1. The molecule has 7 heteroatoms. The summed E-state index contributed by atoms with van der Waals surface area (Å²) in [5.41, 5.74) is 5.97. The zero-order chi connectivity index (χ0) is 21.4. The van der Waals surface area contributed by atoms with Gasteiger partial charge in [0.15, 0.2) is 5.82 Å². The summed E-state index contributed by atoms with van der Waals surface area (Å²) in [5.74, 6) is 0.849. The Kier molecular flexibility index (Phi) is 5.03. The number of aromatic amines is 2. The highest BCUT2D eigenvalue weighted by Crippen LogP contribution is 2.33. The number of likely N-dealkylation sites (tertiary alicyclic amines) is 1. The van der Waals surface area contributed by atoms with E-state index in [-0.39, 0.29) is 5.82 Å². The number of piperidine rings is 1. The molecule has 1 saturated heterocycles. The number of nitrogens with one attached hydrogen (secondary N) is 3. The first kappa shape index (κ1) is 19.5. The smallest absolute Gasteiger partial charge is 0.158 e. The van der Waals surface area contributed by atoms with Gasteiger partial charge in [-0.1, -0.05) is 30.8 Å². The summed E-state index contributed by atoms with van der Waals surface area (Å²) in [6, 6.07) is 12.4. The van der Waals surface area contributed by atoms with Crippen LogP contribution in [0.25, 0.3) is 33.7 Å². The molecule has 0 aliphatic carbocycles. The second-order valence-electron chi connectivity index (χ2n) is 8.18. The molecular formula is C24H25FN6. The molecule has 158 valence electrons. The summed E-state index contributed by atoms with van der Waals surface area (Å²) in [5, 5.41) is 10.7. The van der Waals surface area contributed by atoms with E-state index in [1.807, 2.05) is 24.3 Å². The SMILES string of the molecule is C=C(Nc1cn[nH]c1-c1nc2c(-c3cccc(F)c3)cccc2[nH]1)C1CCN(C)CC1. The Morgan fingerprint density at radius 3 is 2.81 bits per heavy atom. The molecule has 0 spiro atoms. The number of hydrogen-bond acceptors (Lipinski definition) is 4. The maximum Gasteiger partial charge on any atom is 0.158 e. The Labute approximate surface area is 180 Å². The fourth-order valence-corrected chi connectivity index (χ4v) is 4.23. The summed E-state index contributed by atoms with van der Waals surface area (Å²) in [6.07, 6.45) is 3.95. The molecule has 0 amide bonds. The molecule has 3 heterocycles. The molecule has 0 unspecified atom stereocenters. The van der Waals surface area contributed by atoms with Crippen molar-refractivity contribution in [1.29, 1.82) is 0 Å². The van der Waals surface area contributed by atoms with Crippen LogP contribution in [0.1, 0.15) is 12.8 Å². The Morgan fingerprint density at radius 2 is 2.00 bits per heavy atom. The first-order valence-electron chi connectivity index (χ1n) is 10.5. The van der Waals surface area contributed by atoms with Crippen LogP contribution in [-0.4, -0.2) is 45.2 Å². The molecule has 0 bridgehead atoms. The normalized spacial score (nSPS) is 15.4. The predicted octanol–water partition coefficient (Wildman–Crippen LogP) is 5.03. The summed E-state index contributed by atoms with van der Waals surface area (Å²) >= 11 is 0. The van der Waals surface area contributed by atoms with Crippen molar-refractivity contribution >= 4 is 16.7 Å². The van der Waals surface area contributed by atoms with Crippen LogP contribution in [0, 0.1) is 11.7 Å². The maximum atomic E-state index is 13.8. The van der Waals surface area contributed by atoms with Crippen LogP contribution in [0.15, 0.2) is 60.9 Å². The molecule has 0 radical (unpaired) electrons. The van der Waals surface area contributed by atoms with Gasteiger partial charge in [0.25, 0.3) is 0 Å². The lowest BCUT2D eigenvalue weighted by Crippen LogP contribution is -2.31. The summed E-state index contributed by atoms with van der Waals surface area (Å²) in [6.45, 7) is 6.44. The van der Waals surface area contributed by atoms with Gasteiger partial charge < -0.3 is 15.2 Å². The van der Waals surface area contributed by atoms with Crippen molar-refractivity contribution in [3.05, 3.63) is 66.8 Å². The highest BCUT2D eigenvalue weighted by atomic mass is 19.1. The molecule has 1 aliphatic heterocycles. The van der Waals surface area contributed by atoms with Gasteiger partial charge in [-0.05, 0) is 56.7 Å². The van der Waals surface area contributed by atoms with Crippen LogP contribution in [0.2, 0.25) is 0 Å². The van der Waals surface area contributed by atoms with Crippen molar-refractivity contribution in [3.8, 4) is 22.6 Å². The molecule has 4 aromatic rings. The molecule has 2 aromatic carbocycles. The van der Waals surface area contributed by atoms with E-state index < -0.39 is 0 Å². The Hall–Kier alpha value is -3.45. The van der Waals surface area contributed by atoms with E-state index in [9.17, 15) is 4.39 Å². The average Bonchev–Trinajstić information content (AvgIpc) is 3.40. The zero-order valence-electron chi connectivity index (χ0n) is 17.5. The van der Waals surface area contributed by atoms with Crippen molar-refractivity contribution in [3.63, 3.8) is 0 Å². The van der Waals surface area contributed by atoms with Gasteiger partial charge in [0, 0.05) is 17.2 Å². The second-order valence-corrected chi connectivity index (χ2v) is 8.18. The van der Waals surface area contributed by atoms with E-state index in [2.05, 4.69) is 39.0 Å². The zero-order valence-corrected chi connectivity index (χ0v) is 17.5. The topological polar surface area (TPSA) is 72.6 Å². The van der Waals surface area contributed by atoms with Crippen molar-refractivity contribution in [1.82, 2.24) is 25.1 Å². The Balaban J connectivity index is 1.45. The highest BCUT2D eigenvalue weighted by Gasteiger charge is 2.21. The number of allylic oxidation sites excluding steroid dienone is 1. The van der Waals surface area contributed by atoms with Gasteiger partial charge in [-0.25, -0.2) is 9.37 Å². The third kappa shape index (κ3) is 3.84. The Bertz CT molecular complexity index is 1230. The van der Waals surface area contributed by atoms with E-state index in [1.165, 1.54) is 12.1 Å². The van der Waals surface area contributed by atoms with Crippen LogP contribution < -0.4 is 5.32 Å². The molecule has 5 rings (SSSR count). The lowest BCUT2D eigenvalue weighted by Gasteiger charge is -2.30. The van der Waals surface area contributed by atoms with E-state index in [0.717, 1.165) is 65.2 Å². The number of para-hydroxylation sites is 1.